The van der Waals surface area contributed by atoms with Crippen LogP contribution in [0.15, 0.2) is 0 Å². The zero-order valence-electron chi connectivity index (χ0n) is 8.92. The molecule has 0 aromatic heterocycles. The van der Waals surface area contributed by atoms with Crippen molar-refractivity contribution in [3.8, 4) is 0 Å². The maximum absolute atomic E-state index is 10.5. The molecule has 0 aliphatic heterocycles. The molecule has 0 bridgehead atoms. The van der Waals surface area contributed by atoms with Crippen molar-refractivity contribution in [3.63, 3.8) is 0 Å². The van der Waals surface area contributed by atoms with E-state index in [0.717, 1.165) is 25.7 Å². The first-order valence-electron chi connectivity index (χ1n) is 5.03. The van der Waals surface area contributed by atoms with E-state index in [1.165, 1.54) is 0 Å². The molecule has 0 unspecified atom stereocenters. The van der Waals surface area contributed by atoms with Gasteiger partial charge in [-0.3, -0.25) is 9.69 Å². The van der Waals surface area contributed by atoms with E-state index in [-0.39, 0.29) is 6.54 Å². The molecule has 0 saturated heterocycles. The molecular weight excluding hydrogens is 166 g/mol. The van der Waals surface area contributed by atoms with Gasteiger partial charge in [-0.15, -0.1) is 0 Å². The molecule has 0 saturated carbocycles. The first-order chi connectivity index (χ1) is 6.11. The standard InChI is InChI=1S/C10H21NO2/c1-4-6-9(7-5-2)11(3)8-10(12)13/h9H,4-8H2,1-3H3,(H,12,13). The highest BCUT2D eigenvalue weighted by Gasteiger charge is 2.14. The Morgan fingerprint density at radius 1 is 1.31 bits per heavy atom. The molecule has 0 heterocycles. The number of carboxylic acid groups (broad SMARTS) is 1. The van der Waals surface area contributed by atoms with Crippen LogP contribution >= 0.6 is 0 Å². The third-order valence-corrected chi connectivity index (χ3v) is 2.25. The summed E-state index contributed by atoms with van der Waals surface area (Å²) in [6.45, 7) is 4.43. The molecule has 0 aromatic carbocycles. The Labute approximate surface area is 80.7 Å². The number of nitrogens with zero attached hydrogens (tertiary/aromatic N) is 1. The van der Waals surface area contributed by atoms with Gasteiger partial charge in [0.1, 0.15) is 0 Å². The summed E-state index contributed by atoms with van der Waals surface area (Å²) in [5.41, 5.74) is 0. The number of hydrogen-bond acceptors (Lipinski definition) is 2. The number of carboxylic acids is 1. The molecule has 13 heavy (non-hydrogen) atoms. The molecule has 0 aromatic rings. The van der Waals surface area contributed by atoms with E-state index in [0.29, 0.717) is 6.04 Å². The maximum Gasteiger partial charge on any atom is 0.317 e. The normalized spacial score (nSPS) is 11.2. The van der Waals surface area contributed by atoms with Crippen molar-refractivity contribution in [1.82, 2.24) is 4.90 Å². The highest BCUT2D eigenvalue weighted by molar-refractivity contribution is 5.69. The summed E-state index contributed by atoms with van der Waals surface area (Å²) < 4.78 is 0. The van der Waals surface area contributed by atoms with Crippen molar-refractivity contribution in [2.75, 3.05) is 13.6 Å². The van der Waals surface area contributed by atoms with Crippen LogP contribution < -0.4 is 0 Å². The average molecular weight is 187 g/mol. The monoisotopic (exact) mass is 187 g/mol. The van der Waals surface area contributed by atoms with Gasteiger partial charge < -0.3 is 5.11 Å². The van der Waals surface area contributed by atoms with E-state index >= 15 is 0 Å². The molecule has 0 amide bonds. The summed E-state index contributed by atoms with van der Waals surface area (Å²) in [6, 6.07) is 0.436. The molecule has 3 heteroatoms. The predicted octanol–water partition coefficient (Wildman–Crippen LogP) is 1.97. The summed E-state index contributed by atoms with van der Waals surface area (Å²) in [5, 5.41) is 8.63. The quantitative estimate of drug-likeness (QED) is 0.662. The van der Waals surface area contributed by atoms with Gasteiger partial charge in [0.05, 0.1) is 6.54 Å². The molecule has 0 aliphatic rings. The lowest BCUT2D eigenvalue weighted by atomic mass is 10.1. The minimum absolute atomic E-state index is 0.157. The van der Waals surface area contributed by atoms with Crippen LogP contribution in [0.2, 0.25) is 0 Å². The van der Waals surface area contributed by atoms with E-state index in [1.54, 1.807) is 0 Å². The summed E-state index contributed by atoms with van der Waals surface area (Å²) in [6.07, 6.45) is 4.43. The van der Waals surface area contributed by atoms with Gasteiger partial charge in [-0.2, -0.15) is 0 Å². The van der Waals surface area contributed by atoms with E-state index in [2.05, 4.69) is 13.8 Å². The predicted molar refractivity (Wildman–Crippen MR) is 53.9 cm³/mol. The van der Waals surface area contributed by atoms with Crippen LogP contribution in [-0.2, 0) is 4.79 Å². The Morgan fingerprint density at radius 2 is 1.77 bits per heavy atom. The van der Waals surface area contributed by atoms with E-state index in [4.69, 9.17) is 5.11 Å². The van der Waals surface area contributed by atoms with Gasteiger partial charge in [0, 0.05) is 6.04 Å². The number of likely N-dealkylation sites (N-methyl/N-ethyl adjacent to an activating group) is 1. The Morgan fingerprint density at radius 3 is 2.08 bits per heavy atom. The Kier molecular flexibility index (Phi) is 6.59. The number of carbonyl (C=O) groups is 1. The van der Waals surface area contributed by atoms with Crippen LogP contribution in [0, 0.1) is 0 Å². The largest absolute Gasteiger partial charge is 0.480 e. The Balaban J connectivity index is 3.93. The Hall–Kier alpha value is -0.570. The van der Waals surface area contributed by atoms with Crippen molar-refractivity contribution in [2.24, 2.45) is 0 Å². The molecule has 78 valence electrons. The lowest BCUT2D eigenvalue weighted by Crippen LogP contribution is -2.35. The van der Waals surface area contributed by atoms with Gasteiger partial charge in [-0.1, -0.05) is 26.7 Å². The third kappa shape index (κ3) is 5.64. The van der Waals surface area contributed by atoms with Crippen molar-refractivity contribution in [2.45, 2.75) is 45.6 Å². The van der Waals surface area contributed by atoms with Crippen molar-refractivity contribution < 1.29 is 9.90 Å². The first kappa shape index (κ1) is 12.4. The van der Waals surface area contributed by atoms with E-state index < -0.39 is 5.97 Å². The highest BCUT2D eigenvalue weighted by Crippen LogP contribution is 2.10. The van der Waals surface area contributed by atoms with Crippen LogP contribution in [0.1, 0.15) is 39.5 Å². The fourth-order valence-corrected chi connectivity index (χ4v) is 1.59. The van der Waals surface area contributed by atoms with Crippen LogP contribution in [0.4, 0.5) is 0 Å². The average Bonchev–Trinajstić information content (AvgIpc) is 2.02. The summed E-state index contributed by atoms with van der Waals surface area (Å²) in [7, 11) is 1.89. The highest BCUT2D eigenvalue weighted by atomic mass is 16.4. The van der Waals surface area contributed by atoms with Crippen molar-refractivity contribution in [1.29, 1.82) is 0 Å². The first-order valence-corrected chi connectivity index (χ1v) is 5.03. The Bertz CT molecular complexity index is 142. The van der Waals surface area contributed by atoms with Crippen LogP contribution in [0.5, 0.6) is 0 Å². The molecule has 0 radical (unpaired) electrons. The van der Waals surface area contributed by atoms with Gasteiger partial charge >= 0.3 is 5.97 Å². The summed E-state index contributed by atoms with van der Waals surface area (Å²) in [5.74, 6) is -0.736. The molecule has 0 spiro atoms. The fraction of sp³-hybridized carbons (Fsp3) is 0.900. The van der Waals surface area contributed by atoms with E-state index in [1.807, 2.05) is 11.9 Å². The van der Waals surface area contributed by atoms with Crippen LogP contribution in [0.3, 0.4) is 0 Å². The zero-order chi connectivity index (χ0) is 10.3. The minimum atomic E-state index is -0.736. The number of aliphatic carboxylic acids is 1. The molecule has 0 fully saturated rings. The smallest absolute Gasteiger partial charge is 0.317 e. The molecule has 0 aliphatic carbocycles. The second-order valence-electron chi connectivity index (χ2n) is 3.54. The molecule has 1 N–H and O–H groups in total. The zero-order valence-corrected chi connectivity index (χ0v) is 8.92. The lowest BCUT2D eigenvalue weighted by molar-refractivity contribution is -0.138. The summed E-state index contributed by atoms with van der Waals surface area (Å²) in [4.78, 5) is 12.4. The molecular formula is C10H21NO2. The molecule has 0 atom stereocenters. The van der Waals surface area contributed by atoms with Gasteiger partial charge in [0.2, 0.25) is 0 Å². The number of rotatable bonds is 7. The summed E-state index contributed by atoms with van der Waals surface area (Å²) >= 11 is 0. The number of hydrogen-bond donors (Lipinski definition) is 1. The van der Waals surface area contributed by atoms with Crippen LogP contribution in [-0.4, -0.2) is 35.6 Å². The van der Waals surface area contributed by atoms with Gasteiger partial charge in [0.15, 0.2) is 0 Å². The van der Waals surface area contributed by atoms with E-state index in [9.17, 15) is 4.79 Å². The lowest BCUT2D eigenvalue weighted by Gasteiger charge is -2.25. The van der Waals surface area contributed by atoms with Crippen molar-refractivity contribution >= 4 is 5.97 Å². The minimum Gasteiger partial charge on any atom is -0.480 e. The van der Waals surface area contributed by atoms with Gasteiger partial charge in [-0.05, 0) is 19.9 Å². The van der Waals surface area contributed by atoms with Crippen molar-refractivity contribution in [3.05, 3.63) is 0 Å². The second-order valence-corrected chi connectivity index (χ2v) is 3.54. The van der Waals surface area contributed by atoms with Crippen LogP contribution in [0.25, 0.3) is 0 Å². The second kappa shape index (κ2) is 6.89. The van der Waals surface area contributed by atoms with Gasteiger partial charge in [-0.25, -0.2) is 0 Å². The third-order valence-electron chi connectivity index (χ3n) is 2.25. The topological polar surface area (TPSA) is 40.5 Å². The molecule has 3 nitrogen and oxygen atoms in total. The fourth-order valence-electron chi connectivity index (χ4n) is 1.59. The van der Waals surface area contributed by atoms with Gasteiger partial charge in [0.25, 0.3) is 0 Å². The molecule has 0 rings (SSSR count). The SMILES string of the molecule is CCCC(CCC)N(C)CC(=O)O. The maximum atomic E-state index is 10.5.